The molecule has 0 atom stereocenters. The molecular weight excluding hydrogens is 196 g/mol. The molecule has 0 saturated carbocycles. The number of aromatic amines is 1. The second-order valence-corrected chi connectivity index (χ2v) is 4.64. The third-order valence-corrected chi connectivity index (χ3v) is 3.63. The van der Waals surface area contributed by atoms with Crippen LogP contribution in [0.1, 0.15) is 12.8 Å². The third-order valence-electron chi connectivity index (χ3n) is 2.57. The number of H-pyrrole nitrogens is 1. The monoisotopic (exact) mass is 208 g/mol. The predicted molar refractivity (Wildman–Crippen MR) is 59.8 cm³/mol. The minimum Gasteiger partial charge on any atom is -0.385 e. The first-order valence-electron chi connectivity index (χ1n) is 4.83. The van der Waals surface area contributed by atoms with Crippen molar-refractivity contribution in [1.29, 1.82) is 0 Å². The number of nitrogen functional groups attached to an aromatic ring is 1. The normalized spacial score (nSPS) is 17.0. The molecule has 1 saturated heterocycles. The first-order chi connectivity index (χ1) is 6.83. The minimum absolute atomic E-state index is 0.701. The Labute approximate surface area is 85.7 Å². The third kappa shape index (κ3) is 1.16. The number of nitrogens with one attached hydrogen (secondary N) is 1. The number of rotatable bonds is 1. The van der Waals surface area contributed by atoms with Gasteiger partial charge < -0.3 is 15.6 Å². The van der Waals surface area contributed by atoms with Crippen molar-refractivity contribution in [3.8, 4) is 0 Å². The second-order valence-electron chi connectivity index (χ2n) is 3.63. The van der Waals surface area contributed by atoms with E-state index in [1.165, 1.54) is 12.8 Å². The number of nitrogens with zero attached hydrogens (tertiary/aromatic N) is 2. The molecular formula is C9H12N4S. The van der Waals surface area contributed by atoms with Crippen LogP contribution < -0.4 is 10.6 Å². The molecule has 3 heterocycles. The lowest BCUT2D eigenvalue weighted by Crippen LogP contribution is -2.16. The Hall–Kier alpha value is -1.23. The highest BCUT2D eigenvalue weighted by molar-refractivity contribution is 7.22. The van der Waals surface area contributed by atoms with Crippen molar-refractivity contribution in [2.24, 2.45) is 0 Å². The Morgan fingerprint density at radius 1 is 1.43 bits per heavy atom. The molecule has 0 bridgehead atoms. The fraction of sp³-hybridized carbons (Fsp3) is 0.444. The Kier molecular flexibility index (Phi) is 1.67. The van der Waals surface area contributed by atoms with Crippen LogP contribution in [-0.2, 0) is 0 Å². The Morgan fingerprint density at radius 3 is 2.93 bits per heavy atom. The summed E-state index contributed by atoms with van der Waals surface area (Å²) in [7, 11) is 0. The topological polar surface area (TPSA) is 57.9 Å². The van der Waals surface area contributed by atoms with Crippen LogP contribution in [0.15, 0.2) is 6.07 Å². The van der Waals surface area contributed by atoms with Crippen LogP contribution in [-0.4, -0.2) is 23.1 Å². The Bertz CT molecular complexity index is 421. The highest BCUT2D eigenvalue weighted by Gasteiger charge is 2.16. The molecule has 1 fully saturated rings. The molecule has 0 aliphatic carbocycles. The van der Waals surface area contributed by atoms with Crippen LogP contribution in [0.2, 0.25) is 0 Å². The van der Waals surface area contributed by atoms with Gasteiger partial charge in [-0.05, 0) is 18.9 Å². The smallest absolute Gasteiger partial charge is 0.187 e. The van der Waals surface area contributed by atoms with E-state index in [9.17, 15) is 0 Å². The molecule has 0 amide bonds. The van der Waals surface area contributed by atoms with Crippen molar-refractivity contribution in [3.05, 3.63) is 6.07 Å². The maximum absolute atomic E-state index is 5.64. The number of fused-ring (bicyclic) bond motifs is 1. The molecule has 1 aliphatic rings. The lowest BCUT2D eigenvalue weighted by molar-refractivity contribution is 0.949. The predicted octanol–water partition coefficient (Wildman–Crippen LogP) is 1.81. The van der Waals surface area contributed by atoms with E-state index in [4.69, 9.17) is 5.73 Å². The number of anilines is 2. The molecule has 14 heavy (non-hydrogen) atoms. The van der Waals surface area contributed by atoms with Gasteiger partial charge >= 0.3 is 0 Å². The molecule has 4 nitrogen and oxygen atoms in total. The van der Waals surface area contributed by atoms with Crippen LogP contribution in [0.4, 0.5) is 10.9 Å². The summed E-state index contributed by atoms with van der Waals surface area (Å²) >= 11 is 1.72. The van der Waals surface area contributed by atoms with E-state index in [-0.39, 0.29) is 0 Å². The van der Waals surface area contributed by atoms with Gasteiger partial charge in [-0.1, -0.05) is 11.3 Å². The van der Waals surface area contributed by atoms with Crippen molar-refractivity contribution in [2.45, 2.75) is 12.8 Å². The summed E-state index contributed by atoms with van der Waals surface area (Å²) in [5.41, 5.74) is 6.56. The van der Waals surface area contributed by atoms with Crippen LogP contribution in [0, 0.1) is 0 Å². The summed E-state index contributed by atoms with van der Waals surface area (Å²) in [4.78, 5) is 9.92. The van der Waals surface area contributed by atoms with E-state index < -0.39 is 0 Å². The standard InChI is InChI=1S/C9H12N4S/c10-7-5-6-8(11-7)12-9(14-6)13-3-1-2-4-13/h5,11H,1-4,10H2. The zero-order valence-electron chi connectivity index (χ0n) is 7.79. The van der Waals surface area contributed by atoms with Gasteiger partial charge in [-0.15, -0.1) is 0 Å². The highest BCUT2D eigenvalue weighted by atomic mass is 32.1. The van der Waals surface area contributed by atoms with E-state index in [1.807, 2.05) is 6.07 Å². The van der Waals surface area contributed by atoms with E-state index >= 15 is 0 Å². The number of hydrogen-bond acceptors (Lipinski definition) is 4. The SMILES string of the molecule is Nc1cc2sc(N3CCCC3)nc2[nH]1. The van der Waals surface area contributed by atoms with Gasteiger partial charge in [0.05, 0.1) is 4.70 Å². The van der Waals surface area contributed by atoms with Gasteiger partial charge in [0.25, 0.3) is 0 Å². The summed E-state index contributed by atoms with van der Waals surface area (Å²) in [6.07, 6.45) is 2.57. The van der Waals surface area contributed by atoms with Crippen LogP contribution >= 0.6 is 11.3 Å². The van der Waals surface area contributed by atoms with Crippen LogP contribution in [0.25, 0.3) is 10.3 Å². The van der Waals surface area contributed by atoms with Crippen molar-refractivity contribution in [3.63, 3.8) is 0 Å². The Morgan fingerprint density at radius 2 is 2.21 bits per heavy atom. The maximum Gasteiger partial charge on any atom is 0.187 e. The summed E-state index contributed by atoms with van der Waals surface area (Å²) in [5, 5.41) is 1.13. The largest absolute Gasteiger partial charge is 0.385 e. The molecule has 2 aromatic heterocycles. The van der Waals surface area contributed by atoms with Gasteiger partial charge in [-0.25, -0.2) is 4.98 Å². The number of thiazole rings is 1. The average Bonchev–Trinajstić information content (AvgIpc) is 2.74. The summed E-state index contributed by atoms with van der Waals surface area (Å²) < 4.78 is 1.16. The summed E-state index contributed by atoms with van der Waals surface area (Å²) in [6, 6.07) is 1.95. The molecule has 2 aromatic rings. The Balaban J connectivity index is 2.01. The highest BCUT2D eigenvalue weighted by Crippen LogP contribution is 2.31. The quantitative estimate of drug-likeness (QED) is 0.751. The molecule has 74 valence electrons. The van der Waals surface area contributed by atoms with E-state index in [1.54, 1.807) is 11.3 Å². The molecule has 3 rings (SSSR count). The van der Waals surface area contributed by atoms with Crippen LogP contribution in [0.3, 0.4) is 0 Å². The lowest BCUT2D eigenvalue weighted by Gasteiger charge is -2.11. The zero-order chi connectivity index (χ0) is 9.54. The van der Waals surface area contributed by atoms with Gasteiger partial charge in [0, 0.05) is 13.1 Å². The molecule has 1 aliphatic heterocycles. The molecule has 0 unspecified atom stereocenters. The summed E-state index contributed by atoms with van der Waals surface area (Å²) in [5.74, 6) is 0.701. The van der Waals surface area contributed by atoms with E-state index in [0.29, 0.717) is 5.82 Å². The van der Waals surface area contributed by atoms with Gasteiger partial charge in [0.2, 0.25) is 0 Å². The fourth-order valence-electron chi connectivity index (χ4n) is 1.87. The van der Waals surface area contributed by atoms with Crippen molar-refractivity contribution >= 4 is 32.6 Å². The van der Waals surface area contributed by atoms with E-state index in [0.717, 1.165) is 28.6 Å². The molecule has 0 radical (unpaired) electrons. The summed E-state index contributed by atoms with van der Waals surface area (Å²) in [6.45, 7) is 2.29. The van der Waals surface area contributed by atoms with Crippen molar-refractivity contribution in [1.82, 2.24) is 9.97 Å². The molecule has 0 spiro atoms. The lowest BCUT2D eigenvalue weighted by atomic mass is 10.4. The van der Waals surface area contributed by atoms with Gasteiger partial charge in [0.15, 0.2) is 10.8 Å². The van der Waals surface area contributed by atoms with Gasteiger partial charge in [0.1, 0.15) is 5.82 Å². The van der Waals surface area contributed by atoms with Crippen molar-refractivity contribution in [2.75, 3.05) is 23.7 Å². The molecule has 3 N–H and O–H groups in total. The molecule has 5 heteroatoms. The number of nitrogens with two attached hydrogens (primary N) is 1. The van der Waals surface area contributed by atoms with Crippen LogP contribution in [0.5, 0.6) is 0 Å². The second kappa shape index (κ2) is 2.88. The maximum atomic E-state index is 5.64. The fourth-order valence-corrected chi connectivity index (χ4v) is 2.89. The first-order valence-corrected chi connectivity index (χ1v) is 5.64. The van der Waals surface area contributed by atoms with Gasteiger partial charge in [-0.3, -0.25) is 0 Å². The first kappa shape index (κ1) is 8.11. The zero-order valence-corrected chi connectivity index (χ0v) is 8.60. The average molecular weight is 208 g/mol. The number of hydrogen-bond donors (Lipinski definition) is 2. The van der Waals surface area contributed by atoms with Crippen molar-refractivity contribution < 1.29 is 0 Å². The van der Waals surface area contributed by atoms with E-state index in [2.05, 4.69) is 14.9 Å². The number of aromatic nitrogens is 2. The molecule has 0 aromatic carbocycles. The minimum atomic E-state index is 0.701. The van der Waals surface area contributed by atoms with Gasteiger partial charge in [-0.2, -0.15) is 0 Å².